The lowest BCUT2D eigenvalue weighted by atomic mass is 10.1. The highest BCUT2D eigenvalue weighted by Crippen LogP contribution is 2.12. The van der Waals surface area contributed by atoms with Crippen LogP contribution in [0.3, 0.4) is 0 Å². The molecule has 2 rings (SSSR count). The highest BCUT2D eigenvalue weighted by atomic mass is 16.5. The quantitative estimate of drug-likeness (QED) is 0.522. The third kappa shape index (κ3) is 8.27. The number of carbonyl (C=O) groups excluding carboxylic acids is 1. The average Bonchev–Trinajstić information content (AvgIpc) is 2.70. The molecule has 0 spiro atoms. The molecule has 1 amide bonds. The van der Waals surface area contributed by atoms with E-state index in [1.807, 2.05) is 24.3 Å². The number of hydrogen-bond donors (Lipinski definition) is 2. The van der Waals surface area contributed by atoms with Gasteiger partial charge in [-0.3, -0.25) is 4.79 Å². The summed E-state index contributed by atoms with van der Waals surface area (Å²) in [6.07, 6.45) is 6.06. The number of amides is 1. The molecular formula is C23H32N2O2. The Hall–Kier alpha value is -2.33. The molecule has 0 radical (unpaired) electrons. The van der Waals surface area contributed by atoms with Crippen molar-refractivity contribution in [2.45, 2.75) is 52.0 Å². The zero-order valence-corrected chi connectivity index (χ0v) is 16.6. The minimum atomic E-state index is 0.111. The van der Waals surface area contributed by atoms with Crippen LogP contribution in [0.2, 0.25) is 0 Å². The Morgan fingerprint density at radius 2 is 1.63 bits per heavy atom. The number of hydrogen-bond acceptors (Lipinski definition) is 3. The van der Waals surface area contributed by atoms with Crippen molar-refractivity contribution >= 4 is 11.6 Å². The van der Waals surface area contributed by atoms with Crippen molar-refractivity contribution in [2.75, 3.05) is 19.0 Å². The third-order valence-corrected chi connectivity index (χ3v) is 4.57. The van der Waals surface area contributed by atoms with Crippen LogP contribution in [0.5, 0.6) is 5.75 Å². The molecule has 146 valence electrons. The number of nitrogens with one attached hydrogen (secondary N) is 2. The Kier molecular flexibility index (Phi) is 9.42. The number of methoxy groups -OCH3 is 1. The fourth-order valence-corrected chi connectivity index (χ4v) is 2.90. The summed E-state index contributed by atoms with van der Waals surface area (Å²) in [5.74, 6) is 0.993. The molecule has 0 aliphatic carbocycles. The van der Waals surface area contributed by atoms with Gasteiger partial charge in [-0.05, 0) is 54.8 Å². The Morgan fingerprint density at radius 1 is 0.926 bits per heavy atom. The van der Waals surface area contributed by atoms with Crippen LogP contribution in [0.25, 0.3) is 0 Å². The van der Waals surface area contributed by atoms with Crippen molar-refractivity contribution in [3.63, 3.8) is 0 Å². The maximum atomic E-state index is 11.9. The number of unbranched alkanes of at least 4 members (excludes halogenated alkanes) is 3. The fourth-order valence-electron chi connectivity index (χ4n) is 2.90. The van der Waals surface area contributed by atoms with E-state index >= 15 is 0 Å². The lowest BCUT2D eigenvalue weighted by molar-refractivity contribution is -0.116. The fraction of sp³-hybridized carbons (Fsp3) is 0.435. The molecule has 2 aromatic carbocycles. The van der Waals surface area contributed by atoms with Gasteiger partial charge in [0.1, 0.15) is 5.75 Å². The Morgan fingerprint density at radius 3 is 2.30 bits per heavy atom. The molecule has 27 heavy (non-hydrogen) atoms. The average molecular weight is 369 g/mol. The lowest BCUT2D eigenvalue weighted by Crippen LogP contribution is -2.16. The standard InChI is InChI=1S/C23H32N2O2/c1-3-4-5-6-7-23(26)25-21-12-8-19(9-13-21)16-17-24-18-20-10-14-22(27-2)15-11-20/h8-15,24H,3-7,16-18H2,1-2H3,(H,25,26). The highest BCUT2D eigenvalue weighted by molar-refractivity contribution is 5.90. The van der Waals surface area contributed by atoms with Gasteiger partial charge in [0.2, 0.25) is 5.91 Å². The van der Waals surface area contributed by atoms with Gasteiger partial charge in [-0.15, -0.1) is 0 Å². The normalized spacial score (nSPS) is 10.6. The van der Waals surface area contributed by atoms with Crippen LogP contribution in [-0.2, 0) is 17.8 Å². The first kappa shape index (κ1) is 21.0. The lowest BCUT2D eigenvalue weighted by Gasteiger charge is -2.08. The van der Waals surface area contributed by atoms with Gasteiger partial charge in [0.15, 0.2) is 0 Å². The van der Waals surface area contributed by atoms with Crippen molar-refractivity contribution in [1.82, 2.24) is 5.32 Å². The third-order valence-electron chi connectivity index (χ3n) is 4.57. The second-order valence-electron chi connectivity index (χ2n) is 6.83. The van der Waals surface area contributed by atoms with E-state index in [9.17, 15) is 4.79 Å². The van der Waals surface area contributed by atoms with Crippen molar-refractivity contribution in [2.24, 2.45) is 0 Å². The Bertz CT molecular complexity index is 666. The van der Waals surface area contributed by atoms with E-state index in [0.29, 0.717) is 6.42 Å². The molecule has 0 heterocycles. The largest absolute Gasteiger partial charge is 0.497 e. The smallest absolute Gasteiger partial charge is 0.224 e. The van der Waals surface area contributed by atoms with E-state index in [2.05, 4.69) is 41.8 Å². The molecule has 0 fully saturated rings. The molecule has 0 bridgehead atoms. The van der Waals surface area contributed by atoms with Gasteiger partial charge < -0.3 is 15.4 Å². The molecule has 0 aliphatic rings. The summed E-state index contributed by atoms with van der Waals surface area (Å²) in [5.41, 5.74) is 3.39. The number of carbonyl (C=O) groups is 1. The first-order chi connectivity index (χ1) is 13.2. The molecule has 0 saturated heterocycles. The Balaban J connectivity index is 1.65. The van der Waals surface area contributed by atoms with Crippen LogP contribution in [0.15, 0.2) is 48.5 Å². The summed E-state index contributed by atoms with van der Waals surface area (Å²) in [5, 5.41) is 6.44. The highest BCUT2D eigenvalue weighted by Gasteiger charge is 2.02. The first-order valence-corrected chi connectivity index (χ1v) is 9.93. The summed E-state index contributed by atoms with van der Waals surface area (Å²) in [7, 11) is 1.68. The predicted molar refractivity (Wildman–Crippen MR) is 112 cm³/mol. The minimum absolute atomic E-state index is 0.111. The minimum Gasteiger partial charge on any atom is -0.497 e. The Labute approximate surface area is 163 Å². The maximum Gasteiger partial charge on any atom is 0.224 e. The number of rotatable bonds is 12. The van der Waals surface area contributed by atoms with Crippen molar-refractivity contribution in [3.05, 3.63) is 59.7 Å². The van der Waals surface area contributed by atoms with Gasteiger partial charge in [-0.1, -0.05) is 50.5 Å². The molecule has 0 atom stereocenters. The second-order valence-corrected chi connectivity index (χ2v) is 6.83. The monoisotopic (exact) mass is 368 g/mol. The summed E-state index contributed by atoms with van der Waals surface area (Å²) in [6.45, 7) is 3.93. The van der Waals surface area contributed by atoms with Crippen LogP contribution < -0.4 is 15.4 Å². The van der Waals surface area contributed by atoms with Gasteiger partial charge in [0.05, 0.1) is 7.11 Å². The van der Waals surface area contributed by atoms with Crippen LogP contribution in [0.1, 0.15) is 50.2 Å². The zero-order valence-electron chi connectivity index (χ0n) is 16.6. The first-order valence-electron chi connectivity index (χ1n) is 9.93. The predicted octanol–water partition coefficient (Wildman–Crippen LogP) is 4.94. The van der Waals surface area contributed by atoms with Crippen LogP contribution in [-0.4, -0.2) is 19.6 Å². The van der Waals surface area contributed by atoms with E-state index in [1.165, 1.54) is 24.0 Å². The van der Waals surface area contributed by atoms with E-state index in [0.717, 1.165) is 43.8 Å². The van der Waals surface area contributed by atoms with Crippen molar-refractivity contribution < 1.29 is 9.53 Å². The summed E-state index contributed by atoms with van der Waals surface area (Å²) in [6, 6.07) is 16.3. The maximum absolute atomic E-state index is 11.9. The van der Waals surface area contributed by atoms with Crippen molar-refractivity contribution in [3.8, 4) is 5.75 Å². The van der Waals surface area contributed by atoms with E-state index in [1.54, 1.807) is 7.11 Å². The SMILES string of the molecule is CCCCCCC(=O)Nc1ccc(CCNCc2ccc(OC)cc2)cc1. The number of ether oxygens (including phenoxy) is 1. The number of benzene rings is 2. The topological polar surface area (TPSA) is 50.4 Å². The van der Waals surface area contributed by atoms with E-state index in [4.69, 9.17) is 4.74 Å². The van der Waals surface area contributed by atoms with Crippen LogP contribution >= 0.6 is 0 Å². The van der Waals surface area contributed by atoms with Gasteiger partial charge in [0.25, 0.3) is 0 Å². The molecule has 4 nitrogen and oxygen atoms in total. The summed E-state index contributed by atoms with van der Waals surface area (Å²) >= 11 is 0. The molecule has 0 aromatic heterocycles. The molecular weight excluding hydrogens is 336 g/mol. The molecule has 2 N–H and O–H groups in total. The van der Waals surface area contributed by atoms with Gasteiger partial charge in [0, 0.05) is 18.7 Å². The van der Waals surface area contributed by atoms with E-state index in [-0.39, 0.29) is 5.91 Å². The van der Waals surface area contributed by atoms with Gasteiger partial charge >= 0.3 is 0 Å². The summed E-state index contributed by atoms with van der Waals surface area (Å²) in [4.78, 5) is 11.9. The summed E-state index contributed by atoms with van der Waals surface area (Å²) < 4.78 is 5.17. The molecule has 4 heteroatoms. The van der Waals surface area contributed by atoms with Crippen LogP contribution in [0.4, 0.5) is 5.69 Å². The van der Waals surface area contributed by atoms with Gasteiger partial charge in [-0.2, -0.15) is 0 Å². The van der Waals surface area contributed by atoms with Crippen molar-refractivity contribution in [1.29, 1.82) is 0 Å². The van der Waals surface area contributed by atoms with Gasteiger partial charge in [-0.25, -0.2) is 0 Å². The van der Waals surface area contributed by atoms with E-state index < -0.39 is 0 Å². The molecule has 2 aromatic rings. The molecule has 0 aliphatic heterocycles. The molecule has 0 unspecified atom stereocenters. The second kappa shape index (κ2) is 12.1. The zero-order chi connectivity index (χ0) is 19.3. The van der Waals surface area contributed by atoms with Crippen LogP contribution in [0, 0.1) is 0 Å². The number of anilines is 1. The molecule has 0 saturated carbocycles.